The van der Waals surface area contributed by atoms with Crippen molar-refractivity contribution in [3.8, 4) is 5.75 Å². The third kappa shape index (κ3) is 3.63. The molecule has 1 atom stereocenters. The Morgan fingerprint density at radius 3 is 2.63 bits per heavy atom. The molecular weight excluding hydrogens is 402 g/mol. The fourth-order valence-electron chi connectivity index (χ4n) is 3.14. The predicted molar refractivity (Wildman–Crippen MR) is 117 cm³/mol. The van der Waals surface area contributed by atoms with E-state index in [-0.39, 0.29) is 11.5 Å². The number of nitrogens with zero attached hydrogens (tertiary/aromatic N) is 4. The van der Waals surface area contributed by atoms with Gasteiger partial charge >= 0.3 is 0 Å². The van der Waals surface area contributed by atoms with Gasteiger partial charge in [0, 0.05) is 12.7 Å². The molecule has 1 N–H and O–H groups in total. The molecular formula is C21H21N5O3S. The highest BCUT2D eigenvalue weighted by Gasteiger charge is 2.21. The molecule has 0 aliphatic rings. The van der Waals surface area contributed by atoms with Gasteiger partial charge in [0.05, 0.1) is 22.8 Å². The van der Waals surface area contributed by atoms with E-state index in [1.807, 2.05) is 41.7 Å². The summed E-state index contributed by atoms with van der Waals surface area (Å²) in [5.74, 6) is 1.03. The van der Waals surface area contributed by atoms with Crippen LogP contribution >= 0.6 is 11.8 Å². The summed E-state index contributed by atoms with van der Waals surface area (Å²) in [6.45, 7) is 4.32. The summed E-state index contributed by atoms with van der Waals surface area (Å²) in [7, 11) is 1.66. The van der Waals surface area contributed by atoms with Crippen LogP contribution in [0.3, 0.4) is 0 Å². The van der Waals surface area contributed by atoms with Gasteiger partial charge in [0.15, 0.2) is 5.16 Å². The molecule has 0 aliphatic carbocycles. The van der Waals surface area contributed by atoms with Crippen LogP contribution in [0.4, 0.5) is 5.69 Å². The highest BCUT2D eigenvalue weighted by Crippen LogP contribution is 2.26. The van der Waals surface area contributed by atoms with Crippen LogP contribution in [-0.4, -0.2) is 36.9 Å². The van der Waals surface area contributed by atoms with Crippen molar-refractivity contribution in [3.63, 3.8) is 0 Å². The number of aryl methyl sites for hydroxylation is 1. The lowest BCUT2D eigenvalue weighted by Gasteiger charge is -2.12. The summed E-state index contributed by atoms with van der Waals surface area (Å²) < 4.78 is 8.69. The second-order valence-electron chi connectivity index (χ2n) is 6.71. The summed E-state index contributed by atoms with van der Waals surface area (Å²) in [6, 6.07) is 14.5. The van der Waals surface area contributed by atoms with E-state index in [4.69, 9.17) is 4.74 Å². The number of rotatable bonds is 6. The van der Waals surface area contributed by atoms with E-state index in [2.05, 4.69) is 15.5 Å². The van der Waals surface area contributed by atoms with Crippen molar-refractivity contribution in [2.45, 2.75) is 24.3 Å². The Labute approximate surface area is 176 Å². The van der Waals surface area contributed by atoms with Gasteiger partial charge in [-0.05, 0) is 50.2 Å². The predicted octanol–water partition coefficient (Wildman–Crippen LogP) is 3.10. The Hall–Kier alpha value is -3.33. The number of fused-ring (bicyclic) bond motifs is 3. The lowest BCUT2D eigenvalue weighted by molar-refractivity contribution is -0.115. The normalized spacial score (nSPS) is 12.2. The Balaban J connectivity index is 1.59. The van der Waals surface area contributed by atoms with Gasteiger partial charge in [0.25, 0.3) is 5.56 Å². The Morgan fingerprint density at radius 2 is 1.90 bits per heavy atom. The Bertz CT molecular complexity index is 1280. The first-order valence-corrected chi connectivity index (χ1v) is 10.4. The Kier molecular flexibility index (Phi) is 5.45. The van der Waals surface area contributed by atoms with E-state index in [1.165, 1.54) is 16.3 Å². The first-order valence-electron chi connectivity index (χ1n) is 9.53. The molecule has 8 nitrogen and oxygen atoms in total. The molecule has 1 amide bonds. The molecule has 2 heterocycles. The molecule has 0 spiro atoms. The van der Waals surface area contributed by atoms with Crippen molar-refractivity contribution in [2.75, 3.05) is 11.9 Å². The minimum Gasteiger partial charge on any atom is -0.494 e. The molecule has 0 fully saturated rings. The number of aromatic nitrogens is 4. The number of anilines is 1. The molecule has 2 aromatic carbocycles. The molecule has 4 rings (SSSR count). The number of amides is 1. The van der Waals surface area contributed by atoms with Gasteiger partial charge in [0.1, 0.15) is 5.75 Å². The summed E-state index contributed by atoms with van der Waals surface area (Å²) >= 11 is 1.29. The number of nitrogens with one attached hydrogen (secondary N) is 1. The van der Waals surface area contributed by atoms with Crippen LogP contribution in [0.25, 0.3) is 16.7 Å². The van der Waals surface area contributed by atoms with Gasteiger partial charge in [-0.1, -0.05) is 23.9 Å². The SMILES string of the molecule is CCOc1ccc(NC(=O)C(C)Sc2nnc3n(C)c(=O)c4ccccc4n23)cc1. The second-order valence-corrected chi connectivity index (χ2v) is 8.01. The molecule has 4 aromatic rings. The van der Waals surface area contributed by atoms with Crippen molar-refractivity contribution >= 4 is 40.0 Å². The molecule has 0 radical (unpaired) electrons. The van der Waals surface area contributed by atoms with Crippen molar-refractivity contribution in [2.24, 2.45) is 7.05 Å². The van der Waals surface area contributed by atoms with Gasteiger partial charge < -0.3 is 10.1 Å². The molecule has 1 unspecified atom stereocenters. The van der Waals surface area contributed by atoms with Crippen LogP contribution in [-0.2, 0) is 11.8 Å². The zero-order valence-electron chi connectivity index (χ0n) is 16.8. The van der Waals surface area contributed by atoms with E-state index >= 15 is 0 Å². The number of benzene rings is 2. The quantitative estimate of drug-likeness (QED) is 0.479. The number of carbonyl (C=O) groups excluding carboxylic acids is 1. The maximum absolute atomic E-state index is 12.7. The molecule has 9 heteroatoms. The van der Waals surface area contributed by atoms with E-state index in [0.29, 0.717) is 34.1 Å². The van der Waals surface area contributed by atoms with E-state index in [0.717, 1.165) is 5.75 Å². The van der Waals surface area contributed by atoms with E-state index < -0.39 is 5.25 Å². The monoisotopic (exact) mass is 423 g/mol. The number of para-hydroxylation sites is 1. The standard InChI is InChI=1S/C21H21N5O3S/c1-4-29-15-11-9-14(10-12-15)22-18(27)13(2)30-21-24-23-20-25(3)19(28)16-7-5-6-8-17(16)26(20)21/h5-13H,4H2,1-3H3,(H,22,27). The number of ether oxygens (including phenoxy) is 1. The molecule has 0 aliphatic heterocycles. The van der Waals surface area contributed by atoms with Crippen LogP contribution in [0.1, 0.15) is 13.8 Å². The fraction of sp³-hybridized carbons (Fsp3) is 0.238. The van der Waals surface area contributed by atoms with Crippen LogP contribution in [0, 0.1) is 0 Å². The number of carbonyl (C=O) groups is 1. The van der Waals surface area contributed by atoms with E-state index in [1.54, 1.807) is 32.2 Å². The lowest BCUT2D eigenvalue weighted by atomic mass is 10.2. The average molecular weight is 423 g/mol. The van der Waals surface area contributed by atoms with Crippen LogP contribution in [0.15, 0.2) is 58.5 Å². The maximum Gasteiger partial charge on any atom is 0.262 e. The molecule has 154 valence electrons. The molecule has 30 heavy (non-hydrogen) atoms. The zero-order valence-corrected chi connectivity index (χ0v) is 17.6. The minimum atomic E-state index is -0.431. The van der Waals surface area contributed by atoms with Gasteiger partial charge in [-0.2, -0.15) is 0 Å². The minimum absolute atomic E-state index is 0.136. The molecule has 0 saturated carbocycles. The zero-order chi connectivity index (χ0) is 21.3. The van der Waals surface area contributed by atoms with Gasteiger partial charge in [-0.15, -0.1) is 10.2 Å². The first-order chi connectivity index (χ1) is 14.5. The summed E-state index contributed by atoms with van der Waals surface area (Å²) in [6.07, 6.45) is 0. The summed E-state index contributed by atoms with van der Waals surface area (Å²) in [4.78, 5) is 25.2. The average Bonchev–Trinajstić information content (AvgIpc) is 3.17. The van der Waals surface area contributed by atoms with Gasteiger partial charge in [-0.25, -0.2) is 0 Å². The second kappa shape index (κ2) is 8.19. The molecule has 2 aromatic heterocycles. The topological polar surface area (TPSA) is 90.5 Å². The lowest BCUT2D eigenvalue weighted by Crippen LogP contribution is -2.23. The van der Waals surface area contributed by atoms with Crippen molar-refractivity contribution in [3.05, 3.63) is 58.9 Å². The third-order valence-electron chi connectivity index (χ3n) is 4.68. The number of thioether (sulfide) groups is 1. The first kappa shape index (κ1) is 20.0. The number of hydrogen-bond donors (Lipinski definition) is 1. The van der Waals surface area contributed by atoms with Crippen LogP contribution < -0.4 is 15.6 Å². The summed E-state index contributed by atoms with van der Waals surface area (Å²) in [5.41, 5.74) is 1.26. The smallest absolute Gasteiger partial charge is 0.262 e. The summed E-state index contributed by atoms with van der Waals surface area (Å²) in [5, 5.41) is 12.0. The Morgan fingerprint density at radius 1 is 1.17 bits per heavy atom. The van der Waals surface area contributed by atoms with Gasteiger partial charge in [-0.3, -0.25) is 18.6 Å². The van der Waals surface area contributed by atoms with Crippen molar-refractivity contribution in [1.82, 2.24) is 19.2 Å². The molecule has 0 bridgehead atoms. The molecule has 0 saturated heterocycles. The van der Waals surface area contributed by atoms with Gasteiger partial charge in [0.2, 0.25) is 11.7 Å². The highest BCUT2D eigenvalue weighted by atomic mass is 32.2. The third-order valence-corrected chi connectivity index (χ3v) is 5.72. The van der Waals surface area contributed by atoms with Crippen LogP contribution in [0.2, 0.25) is 0 Å². The van der Waals surface area contributed by atoms with E-state index in [9.17, 15) is 9.59 Å². The fourth-order valence-corrected chi connectivity index (χ4v) is 4.00. The van der Waals surface area contributed by atoms with Crippen molar-refractivity contribution < 1.29 is 9.53 Å². The van der Waals surface area contributed by atoms with Crippen LogP contribution in [0.5, 0.6) is 5.75 Å². The number of hydrogen-bond acceptors (Lipinski definition) is 6. The highest BCUT2D eigenvalue weighted by molar-refractivity contribution is 8.00. The maximum atomic E-state index is 12.7. The largest absolute Gasteiger partial charge is 0.494 e. The van der Waals surface area contributed by atoms with Crippen molar-refractivity contribution in [1.29, 1.82) is 0 Å².